The Kier molecular flexibility index (Phi) is 5.08. The lowest BCUT2D eigenvalue weighted by Crippen LogP contribution is -2.51. The van der Waals surface area contributed by atoms with Crippen molar-refractivity contribution in [3.05, 3.63) is 0 Å². The Labute approximate surface area is 122 Å². The molecule has 0 unspecified atom stereocenters. The van der Waals surface area contributed by atoms with Crippen molar-refractivity contribution in [3.8, 4) is 0 Å². The van der Waals surface area contributed by atoms with Crippen molar-refractivity contribution in [2.45, 2.75) is 64.4 Å². The van der Waals surface area contributed by atoms with Crippen LogP contribution in [-0.2, 0) is 4.79 Å². The molecule has 2 aliphatic rings. The van der Waals surface area contributed by atoms with E-state index in [1.54, 1.807) is 0 Å². The Bertz CT molecular complexity index is 329. The van der Waals surface area contributed by atoms with Crippen LogP contribution in [0.15, 0.2) is 0 Å². The number of hydrogen-bond donors (Lipinski definition) is 3. The van der Waals surface area contributed by atoms with Crippen molar-refractivity contribution in [1.82, 2.24) is 10.6 Å². The zero-order chi connectivity index (χ0) is 14.6. The molecule has 116 valence electrons. The van der Waals surface area contributed by atoms with Crippen molar-refractivity contribution in [3.63, 3.8) is 0 Å². The van der Waals surface area contributed by atoms with Crippen LogP contribution in [0.4, 0.5) is 0 Å². The molecule has 0 bridgehead atoms. The number of nitrogens with one attached hydrogen (secondary N) is 2. The normalized spacial score (nSPS) is 33.6. The molecule has 0 aromatic carbocycles. The van der Waals surface area contributed by atoms with Gasteiger partial charge in [-0.1, -0.05) is 20.3 Å². The summed E-state index contributed by atoms with van der Waals surface area (Å²) in [5, 5.41) is 16.9. The maximum absolute atomic E-state index is 12.4. The summed E-state index contributed by atoms with van der Waals surface area (Å²) in [6, 6.07) is 0. The van der Waals surface area contributed by atoms with Gasteiger partial charge in [0.25, 0.3) is 0 Å². The number of hydrogen-bond acceptors (Lipinski definition) is 3. The Balaban J connectivity index is 1.81. The zero-order valence-electron chi connectivity index (χ0n) is 13.0. The van der Waals surface area contributed by atoms with Crippen LogP contribution in [-0.4, -0.2) is 36.2 Å². The summed E-state index contributed by atoms with van der Waals surface area (Å²) in [6.07, 6.45) is 6.79. The second kappa shape index (κ2) is 6.44. The lowest BCUT2D eigenvalue weighted by molar-refractivity contribution is -0.133. The Morgan fingerprint density at radius 3 is 2.40 bits per heavy atom. The van der Waals surface area contributed by atoms with Gasteiger partial charge in [0.05, 0.1) is 5.60 Å². The summed E-state index contributed by atoms with van der Waals surface area (Å²) in [4.78, 5) is 12.4. The van der Waals surface area contributed by atoms with Gasteiger partial charge in [-0.25, -0.2) is 0 Å². The highest BCUT2D eigenvalue weighted by Crippen LogP contribution is 2.34. The number of piperidine rings is 1. The number of amides is 1. The quantitative estimate of drug-likeness (QED) is 0.737. The molecular formula is C16H30N2O2. The van der Waals surface area contributed by atoms with Crippen molar-refractivity contribution in [1.29, 1.82) is 0 Å². The molecule has 4 heteroatoms. The highest BCUT2D eigenvalue weighted by molar-refractivity contribution is 5.82. The lowest BCUT2D eigenvalue weighted by atomic mass is 9.77. The number of rotatable bonds is 4. The van der Waals surface area contributed by atoms with E-state index in [-0.39, 0.29) is 11.3 Å². The summed E-state index contributed by atoms with van der Waals surface area (Å²) >= 11 is 0. The molecule has 20 heavy (non-hydrogen) atoms. The van der Waals surface area contributed by atoms with E-state index in [1.165, 1.54) is 6.42 Å². The Hall–Kier alpha value is -0.610. The fraction of sp³-hybridized carbons (Fsp3) is 0.938. The first kappa shape index (κ1) is 15.8. The van der Waals surface area contributed by atoms with E-state index in [9.17, 15) is 9.90 Å². The van der Waals surface area contributed by atoms with Gasteiger partial charge in [0.1, 0.15) is 0 Å². The maximum atomic E-state index is 12.4. The minimum Gasteiger partial charge on any atom is -0.388 e. The summed E-state index contributed by atoms with van der Waals surface area (Å²) in [6.45, 7) is 6.50. The van der Waals surface area contributed by atoms with Crippen LogP contribution < -0.4 is 10.6 Å². The second-order valence-electron chi connectivity index (χ2n) is 7.07. The average Bonchev–Trinajstić information content (AvgIpc) is 2.46. The zero-order valence-corrected chi connectivity index (χ0v) is 13.0. The molecule has 1 amide bonds. The highest BCUT2D eigenvalue weighted by Gasteiger charge is 2.37. The topological polar surface area (TPSA) is 61.4 Å². The predicted molar refractivity (Wildman–Crippen MR) is 80.4 cm³/mol. The first-order valence-electron chi connectivity index (χ1n) is 8.19. The number of carbonyl (C=O) groups is 1. The molecule has 1 heterocycles. The third kappa shape index (κ3) is 3.73. The molecule has 2 fully saturated rings. The van der Waals surface area contributed by atoms with Crippen molar-refractivity contribution in [2.75, 3.05) is 19.6 Å². The van der Waals surface area contributed by atoms with Gasteiger partial charge in [-0.3, -0.25) is 4.79 Å². The van der Waals surface area contributed by atoms with E-state index in [1.807, 2.05) is 6.92 Å². The number of aliphatic hydroxyl groups is 1. The lowest BCUT2D eigenvalue weighted by Gasteiger charge is -2.38. The largest absolute Gasteiger partial charge is 0.388 e. The first-order chi connectivity index (χ1) is 9.47. The van der Waals surface area contributed by atoms with Crippen LogP contribution in [0.3, 0.4) is 0 Å². The van der Waals surface area contributed by atoms with Crippen LogP contribution in [0.2, 0.25) is 0 Å². The van der Waals surface area contributed by atoms with E-state index in [2.05, 4.69) is 17.6 Å². The monoisotopic (exact) mass is 282 g/mol. The molecule has 0 atom stereocenters. The van der Waals surface area contributed by atoms with Gasteiger partial charge in [0, 0.05) is 12.0 Å². The minimum atomic E-state index is -0.676. The molecular weight excluding hydrogens is 252 g/mol. The van der Waals surface area contributed by atoms with Crippen LogP contribution in [0.5, 0.6) is 0 Å². The predicted octanol–water partition coefficient (Wildman–Crippen LogP) is 1.82. The second-order valence-corrected chi connectivity index (χ2v) is 7.07. The molecule has 3 N–H and O–H groups in total. The molecule has 4 nitrogen and oxygen atoms in total. The Morgan fingerprint density at radius 2 is 1.85 bits per heavy atom. The maximum Gasteiger partial charge on any atom is 0.226 e. The van der Waals surface area contributed by atoms with E-state index in [0.717, 1.165) is 57.5 Å². The van der Waals surface area contributed by atoms with E-state index >= 15 is 0 Å². The molecule has 1 aliphatic carbocycles. The highest BCUT2D eigenvalue weighted by atomic mass is 16.3. The van der Waals surface area contributed by atoms with Crippen molar-refractivity contribution in [2.24, 2.45) is 11.3 Å². The fourth-order valence-electron chi connectivity index (χ4n) is 3.46. The molecule has 1 saturated carbocycles. The SMILES string of the molecule is CCC1CCC(O)(CNC(=O)C2(C)CCNCC2)CC1. The molecule has 0 aromatic rings. The van der Waals surface area contributed by atoms with Gasteiger partial charge in [-0.2, -0.15) is 0 Å². The van der Waals surface area contributed by atoms with Crippen LogP contribution in [0, 0.1) is 11.3 Å². The molecule has 1 saturated heterocycles. The van der Waals surface area contributed by atoms with Gasteiger partial charge in [0.15, 0.2) is 0 Å². The standard InChI is InChI=1S/C16H30N2O2/c1-3-13-4-6-16(20,7-5-13)12-18-14(19)15(2)8-10-17-11-9-15/h13,17,20H,3-12H2,1-2H3,(H,18,19). The number of carbonyl (C=O) groups excluding carboxylic acids is 1. The van der Waals surface area contributed by atoms with Crippen LogP contribution >= 0.6 is 0 Å². The molecule has 1 aliphatic heterocycles. The summed E-state index contributed by atoms with van der Waals surface area (Å²) in [5.41, 5.74) is -0.938. The third-order valence-corrected chi connectivity index (χ3v) is 5.45. The fourth-order valence-corrected chi connectivity index (χ4v) is 3.46. The third-order valence-electron chi connectivity index (χ3n) is 5.45. The van der Waals surface area contributed by atoms with Gasteiger partial charge in [-0.05, 0) is 57.5 Å². The first-order valence-corrected chi connectivity index (χ1v) is 8.19. The smallest absolute Gasteiger partial charge is 0.226 e. The van der Waals surface area contributed by atoms with E-state index in [0.29, 0.717) is 6.54 Å². The summed E-state index contributed by atoms with van der Waals surface area (Å²) < 4.78 is 0. The van der Waals surface area contributed by atoms with Crippen LogP contribution in [0.1, 0.15) is 58.8 Å². The van der Waals surface area contributed by atoms with Gasteiger partial charge >= 0.3 is 0 Å². The molecule has 0 radical (unpaired) electrons. The molecule has 2 rings (SSSR count). The van der Waals surface area contributed by atoms with E-state index in [4.69, 9.17) is 0 Å². The molecule has 0 aromatic heterocycles. The molecule has 0 spiro atoms. The van der Waals surface area contributed by atoms with E-state index < -0.39 is 5.60 Å². The van der Waals surface area contributed by atoms with Crippen LogP contribution in [0.25, 0.3) is 0 Å². The summed E-state index contributed by atoms with van der Waals surface area (Å²) in [5.74, 6) is 0.873. The Morgan fingerprint density at radius 1 is 1.25 bits per heavy atom. The van der Waals surface area contributed by atoms with Crippen molar-refractivity contribution < 1.29 is 9.90 Å². The van der Waals surface area contributed by atoms with Crippen molar-refractivity contribution >= 4 is 5.91 Å². The van der Waals surface area contributed by atoms with Gasteiger partial charge < -0.3 is 15.7 Å². The minimum absolute atomic E-state index is 0.116. The van der Waals surface area contributed by atoms with Gasteiger partial charge in [-0.15, -0.1) is 0 Å². The van der Waals surface area contributed by atoms with Gasteiger partial charge in [0.2, 0.25) is 5.91 Å². The summed E-state index contributed by atoms with van der Waals surface area (Å²) in [7, 11) is 0. The average molecular weight is 282 g/mol.